The van der Waals surface area contributed by atoms with Crippen LogP contribution in [0.1, 0.15) is 41.3 Å². The molecule has 3 aromatic rings. The molecule has 0 bridgehead atoms. The normalized spacial score (nSPS) is 14.1. The van der Waals surface area contributed by atoms with E-state index in [1.807, 2.05) is 31.9 Å². The highest BCUT2D eigenvalue weighted by Crippen LogP contribution is 2.38. The monoisotopic (exact) mass is 466 g/mol. The average Bonchev–Trinajstić information content (AvgIpc) is 3.02. The van der Waals surface area contributed by atoms with Crippen molar-refractivity contribution < 1.29 is 14.3 Å². The van der Waals surface area contributed by atoms with Crippen LogP contribution in [0.4, 0.5) is 0 Å². The van der Waals surface area contributed by atoms with Gasteiger partial charge >= 0.3 is 5.97 Å². The maximum atomic E-state index is 13.2. The molecule has 4 rings (SSSR count). The minimum Gasteiger partial charge on any atom is -0.478 e. The Morgan fingerprint density at radius 3 is 2.67 bits per heavy atom. The van der Waals surface area contributed by atoms with Crippen LogP contribution in [-0.4, -0.2) is 28.6 Å². The van der Waals surface area contributed by atoms with Crippen molar-refractivity contribution in [2.45, 2.75) is 33.0 Å². The lowest BCUT2D eigenvalue weighted by Gasteiger charge is -2.26. The summed E-state index contributed by atoms with van der Waals surface area (Å²) >= 11 is 13.4. The first kappa shape index (κ1) is 21.2. The lowest BCUT2D eigenvalue weighted by molar-refractivity contribution is 0.0386. The third-order valence-corrected chi connectivity index (χ3v) is 6.74. The smallest absolute Gasteiger partial charge is 0.342 e. The number of hydrogen-bond donors (Lipinski definition) is 0. The van der Waals surface area contributed by atoms with E-state index in [4.69, 9.17) is 32.7 Å². The predicted molar refractivity (Wildman–Crippen MR) is 119 cm³/mol. The fraction of sp³-hybridized carbons (Fsp3) is 0.333. The molecule has 0 saturated carbocycles. The van der Waals surface area contributed by atoms with Gasteiger partial charge in [0.1, 0.15) is 12.5 Å². The van der Waals surface area contributed by atoms with Crippen LogP contribution in [0.2, 0.25) is 10.0 Å². The molecule has 0 saturated heterocycles. The van der Waals surface area contributed by atoms with Crippen LogP contribution >= 0.6 is 34.7 Å². The lowest BCUT2D eigenvalue weighted by Crippen LogP contribution is -2.28. The van der Waals surface area contributed by atoms with Crippen LogP contribution < -0.4 is 10.3 Å². The molecule has 0 atom stereocenters. The molecule has 0 fully saturated rings. The van der Waals surface area contributed by atoms with E-state index in [0.29, 0.717) is 18.7 Å². The minimum atomic E-state index is -0.677. The van der Waals surface area contributed by atoms with Gasteiger partial charge in [0.25, 0.3) is 5.56 Å². The van der Waals surface area contributed by atoms with E-state index in [0.717, 1.165) is 21.6 Å². The number of carbonyl (C=O) groups is 1. The van der Waals surface area contributed by atoms with Crippen molar-refractivity contribution in [3.63, 3.8) is 0 Å². The molecule has 158 valence electrons. The SMILES string of the molecule is CC(C)c1cc2c(c3sn(COC(=O)c4c(Cl)cccc4Cl)c(=O)c13)CN(C)CO2. The maximum Gasteiger partial charge on any atom is 0.342 e. The van der Waals surface area contributed by atoms with Crippen molar-refractivity contribution in [1.29, 1.82) is 0 Å². The van der Waals surface area contributed by atoms with Crippen LogP contribution in [-0.2, 0) is 18.0 Å². The molecular formula is C21H20Cl2N2O4S. The lowest BCUT2D eigenvalue weighted by atomic mass is 9.96. The molecule has 1 aliphatic rings. The van der Waals surface area contributed by atoms with Crippen molar-refractivity contribution >= 4 is 50.8 Å². The highest BCUT2D eigenvalue weighted by atomic mass is 35.5. The summed E-state index contributed by atoms with van der Waals surface area (Å²) in [5, 5.41) is 1.06. The molecule has 30 heavy (non-hydrogen) atoms. The van der Waals surface area contributed by atoms with E-state index in [2.05, 4.69) is 0 Å². The molecule has 6 nitrogen and oxygen atoms in total. The van der Waals surface area contributed by atoms with Crippen LogP contribution in [0.3, 0.4) is 0 Å². The van der Waals surface area contributed by atoms with E-state index in [1.54, 1.807) is 18.2 Å². The Kier molecular flexibility index (Phi) is 5.81. The number of hydrogen-bond acceptors (Lipinski definition) is 6. The molecule has 2 heterocycles. The summed E-state index contributed by atoms with van der Waals surface area (Å²) in [5.74, 6) is 0.267. The van der Waals surface area contributed by atoms with Crippen molar-refractivity contribution in [3.8, 4) is 5.75 Å². The second-order valence-electron chi connectivity index (χ2n) is 7.52. The van der Waals surface area contributed by atoms with E-state index in [-0.39, 0.29) is 33.8 Å². The average molecular weight is 467 g/mol. The first-order chi connectivity index (χ1) is 14.3. The first-order valence-electron chi connectivity index (χ1n) is 9.40. The van der Waals surface area contributed by atoms with Crippen molar-refractivity contribution in [3.05, 3.63) is 61.4 Å². The van der Waals surface area contributed by atoms with Crippen LogP contribution in [0.25, 0.3) is 10.1 Å². The molecule has 0 unspecified atom stereocenters. The molecule has 1 aromatic heterocycles. The molecular weight excluding hydrogens is 447 g/mol. The molecule has 9 heteroatoms. The van der Waals surface area contributed by atoms with Gasteiger partial charge in [0.2, 0.25) is 0 Å². The largest absolute Gasteiger partial charge is 0.478 e. The summed E-state index contributed by atoms with van der Waals surface area (Å²) < 4.78 is 13.5. The number of fused-ring (bicyclic) bond motifs is 3. The number of aromatic nitrogens is 1. The number of esters is 1. The zero-order valence-corrected chi connectivity index (χ0v) is 19.0. The quantitative estimate of drug-likeness (QED) is 0.501. The number of nitrogens with zero attached hydrogens (tertiary/aromatic N) is 2. The van der Waals surface area contributed by atoms with Gasteiger partial charge < -0.3 is 9.47 Å². The molecule has 1 aliphatic heterocycles. The van der Waals surface area contributed by atoms with Crippen molar-refractivity contribution in [2.75, 3.05) is 13.8 Å². The maximum absolute atomic E-state index is 13.2. The Labute approximate surface area is 187 Å². The van der Waals surface area contributed by atoms with Gasteiger partial charge in [0.05, 0.1) is 25.7 Å². The first-order valence-corrected chi connectivity index (χ1v) is 10.9. The molecule has 2 aromatic carbocycles. The Balaban J connectivity index is 1.73. The van der Waals surface area contributed by atoms with Gasteiger partial charge in [-0.05, 0) is 36.7 Å². The van der Waals surface area contributed by atoms with Gasteiger partial charge in [-0.15, -0.1) is 0 Å². The molecule has 0 aliphatic carbocycles. The standard InChI is InChI=1S/C21H20Cl2N2O4S/c1-11(2)12-7-16-13(8-24(3)9-28-16)19-17(12)20(26)25(30-19)10-29-21(27)18-14(22)5-4-6-15(18)23/h4-7,11H,8-10H2,1-3H3. The highest BCUT2D eigenvalue weighted by Gasteiger charge is 2.25. The van der Waals surface area contributed by atoms with E-state index >= 15 is 0 Å². The third kappa shape index (κ3) is 3.71. The number of ether oxygens (including phenoxy) is 2. The number of halogens is 2. The van der Waals surface area contributed by atoms with E-state index in [1.165, 1.54) is 15.5 Å². The van der Waals surface area contributed by atoms with Gasteiger partial charge in [-0.3, -0.25) is 9.69 Å². The Morgan fingerprint density at radius 2 is 2.00 bits per heavy atom. The zero-order chi connectivity index (χ0) is 21.6. The second-order valence-corrected chi connectivity index (χ2v) is 9.37. The number of benzene rings is 2. The molecule has 0 spiro atoms. The summed E-state index contributed by atoms with van der Waals surface area (Å²) in [4.78, 5) is 27.7. The van der Waals surface area contributed by atoms with Crippen LogP contribution in [0.5, 0.6) is 5.75 Å². The van der Waals surface area contributed by atoms with Crippen molar-refractivity contribution in [1.82, 2.24) is 8.86 Å². The van der Waals surface area contributed by atoms with Gasteiger partial charge in [-0.25, -0.2) is 8.75 Å². The second kappa shape index (κ2) is 8.23. The molecule has 0 amide bonds. The summed E-state index contributed by atoms with van der Waals surface area (Å²) in [7, 11) is 1.96. The third-order valence-electron chi connectivity index (χ3n) is 4.99. The summed E-state index contributed by atoms with van der Waals surface area (Å²) in [5.41, 5.74) is 1.80. The van der Waals surface area contributed by atoms with E-state index < -0.39 is 5.97 Å². The van der Waals surface area contributed by atoms with E-state index in [9.17, 15) is 9.59 Å². The molecule has 0 N–H and O–H groups in total. The molecule has 0 radical (unpaired) electrons. The predicted octanol–water partition coefficient (Wildman–Crippen LogP) is 5.09. The Bertz CT molecular complexity index is 1180. The fourth-order valence-corrected chi connectivity index (χ4v) is 5.11. The Hall–Kier alpha value is -2.06. The summed E-state index contributed by atoms with van der Waals surface area (Å²) in [6.07, 6.45) is 0. The number of carbonyl (C=O) groups excluding carboxylic acids is 1. The van der Waals surface area contributed by atoms with Gasteiger partial charge in [-0.1, -0.05) is 54.6 Å². The minimum absolute atomic E-state index is 0.0882. The van der Waals surface area contributed by atoms with Gasteiger partial charge in [-0.2, -0.15) is 0 Å². The summed E-state index contributed by atoms with van der Waals surface area (Å²) in [6.45, 7) is 5.04. The summed E-state index contributed by atoms with van der Waals surface area (Å²) in [6, 6.07) is 6.73. The van der Waals surface area contributed by atoms with Crippen molar-refractivity contribution in [2.24, 2.45) is 0 Å². The van der Waals surface area contributed by atoms with Gasteiger partial charge in [0.15, 0.2) is 6.73 Å². The highest BCUT2D eigenvalue weighted by molar-refractivity contribution is 7.14. The van der Waals surface area contributed by atoms with Crippen LogP contribution in [0, 0.1) is 0 Å². The fourth-order valence-electron chi connectivity index (χ4n) is 3.49. The zero-order valence-electron chi connectivity index (χ0n) is 16.7. The number of rotatable bonds is 4. The topological polar surface area (TPSA) is 60.8 Å². The Morgan fingerprint density at radius 1 is 1.30 bits per heavy atom. The van der Waals surface area contributed by atoms with Gasteiger partial charge in [0, 0.05) is 12.1 Å². The van der Waals surface area contributed by atoms with Crippen LogP contribution in [0.15, 0.2) is 29.1 Å².